The lowest BCUT2D eigenvalue weighted by Crippen LogP contribution is -2.49. The van der Waals surface area contributed by atoms with Gasteiger partial charge in [-0.05, 0) is 48.0 Å². The summed E-state index contributed by atoms with van der Waals surface area (Å²) < 4.78 is 1.65. The molecule has 0 amide bonds. The second-order valence-electron chi connectivity index (χ2n) is 7.20. The molecule has 9 heteroatoms. The van der Waals surface area contributed by atoms with Crippen molar-refractivity contribution in [3.8, 4) is 0 Å². The molecule has 0 radical (unpaired) electrons. The van der Waals surface area contributed by atoms with Crippen LogP contribution in [0.2, 0.25) is 5.02 Å². The molecule has 0 aliphatic carbocycles. The molecule has 0 spiro atoms. The Bertz CT molecular complexity index is 870. The van der Waals surface area contributed by atoms with Crippen LogP contribution in [-0.4, -0.2) is 57.4 Å². The largest absolute Gasteiger partial charge is 0.406 e. The number of anilines is 1. The molecule has 2 aromatic rings. The third-order valence-corrected chi connectivity index (χ3v) is 5.35. The van der Waals surface area contributed by atoms with Gasteiger partial charge in [-0.2, -0.15) is 0 Å². The van der Waals surface area contributed by atoms with E-state index in [0.29, 0.717) is 41.4 Å². The van der Waals surface area contributed by atoms with Crippen molar-refractivity contribution in [1.29, 1.82) is 0 Å². The number of rotatable bonds is 6. The molecule has 1 aromatic carbocycles. The zero-order valence-electron chi connectivity index (χ0n) is 16.3. The normalized spacial score (nSPS) is 15.2. The molecule has 1 aromatic heterocycles. The van der Waals surface area contributed by atoms with Gasteiger partial charge in [-0.3, -0.25) is 14.3 Å². The van der Waals surface area contributed by atoms with Gasteiger partial charge in [-0.15, -0.1) is 0 Å². The Balaban J connectivity index is 1.90. The van der Waals surface area contributed by atoms with Crippen LogP contribution < -0.4 is 4.90 Å². The Morgan fingerprint density at radius 2 is 1.82 bits per heavy atom. The Morgan fingerprint density at radius 1 is 1.21 bits per heavy atom. The van der Waals surface area contributed by atoms with Gasteiger partial charge < -0.3 is 15.0 Å². The van der Waals surface area contributed by atoms with Gasteiger partial charge in [0.15, 0.2) is 5.78 Å². The molecular weight excluding hydrogens is 382 g/mol. The molecule has 0 bridgehead atoms. The number of benzene rings is 1. The molecular formula is C19H24ClN5O3. The first-order chi connectivity index (χ1) is 13.3. The van der Waals surface area contributed by atoms with E-state index in [1.165, 1.54) is 0 Å². The Hall–Kier alpha value is -2.45. The monoisotopic (exact) mass is 405 g/mol. The topological polar surface area (TPSA) is 84.5 Å². The zero-order valence-corrected chi connectivity index (χ0v) is 17.0. The number of hydrogen-bond donors (Lipinski definition) is 0. The molecule has 150 valence electrons. The summed E-state index contributed by atoms with van der Waals surface area (Å²) >= 11 is 5.89. The van der Waals surface area contributed by atoms with Gasteiger partial charge in [-0.1, -0.05) is 11.6 Å². The minimum Gasteiger partial charge on any atom is -0.358 e. The molecule has 8 nitrogen and oxygen atoms in total. The maximum absolute atomic E-state index is 12.7. The average Bonchev–Trinajstić information content (AvgIpc) is 2.99. The van der Waals surface area contributed by atoms with Crippen LogP contribution in [-0.2, 0) is 6.54 Å². The number of piperazine rings is 1. The number of nitrogens with zero attached hydrogens (tertiary/aromatic N) is 5. The highest BCUT2D eigenvalue weighted by Crippen LogP contribution is 2.30. The van der Waals surface area contributed by atoms with E-state index in [2.05, 4.69) is 23.7 Å². The molecule has 0 unspecified atom stereocenters. The molecule has 1 fully saturated rings. The lowest BCUT2D eigenvalue weighted by Gasteiger charge is -2.37. The maximum Gasteiger partial charge on any atom is 0.406 e. The maximum atomic E-state index is 12.7. The van der Waals surface area contributed by atoms with Crippen LogP contribution in [0.25, 0.3) is 0 Å². The van der Waals surface area contributed by atoms with Crippen LogP contribution in [0.5, 0.6) is 0 Å². The number of aromatic nitrogens is 2. The number of carbonyl (C=O) groups excluding carboxylic acids is 1. The number of halogens is 1. The van der Waals surface area contributed by atoms with Crippen molar-refractivity contribution in [2.45, 2.75) is 33.4 Å². The quantitative estimate of drug-likeness (QED) is 0.417. The van der Waals surface area contributed by atoms with E-state index in [1.807, 2.05) is 4.90 Å². The van der Waals surface area contributed by atoms with E-state index in [1.54, 1.807) is 35.8 Å². The SMILES string of the molecule is Cc1nc([N+](=O)[O-])c(N2CCN(C(C)C)CC2)n1CC(=O)c1ccc(Cl)cc1. The van der Waals surface area contributed by atoms with Crippen molar-refractivity contribution >= 4 is 29.0 Å². The number of imidazole rings is 1. The highest BCUT2D eigenvalue weighted by atomic mass is 35.5. The molecule has 28 heavy (non-hydrogen) atoms. The summed E-state index contributed by atoms with van der Waals surface area (Å²) in [5, 5.41) is 12.1. The van der Waals surface area contributed by atoms with Crippen LogP contribution in [0.1, 0.15) is 30.0 Å². The van der Waals surface area contributed by atoms with Crippen molar-refractivity contribution in [1.82, 2.24) is 14.5 Å². The van der Waals surface area contributed by atoms with Crippen LogP contribution in [0.4, 0.5) is 11.6 Å². The van der Waals surface area contributed by atoms with E-state index in [4.69, 9.17) is 11.6 Å². The Kier molecular flexibility index (Phi) is 6.00. The lowest BCUT2D eigenvalue weighted by atomic mass is 10.1. The van der Waals surface area contributed by atoms with Gasteiger partial charge >= 0.3 is 5.82 Å². The van der Waals surface area contributed by atoms with E-state index in [0.717, 1.165) is 13.1 Å². The second kappa shape index (κ2) is 8.28. The second-order valence-corrected chi connectivity index (χ2v) is 7.63. The highest BCUT2D eigenvalue weighted by molar-refractivity contribution is 6.30. The van der Waals surface area contributed by atoms with Gasteiger partial charge in [0.25, 0.3) is 0 Å². The predicted octanol–water partition coefficient (Wildman–Crippen LogP) is 3.17. The number of carbonyl (C=O) groups is 1. The van der Waals surface area contributed by atoms with E-state index in [9.17, 15) is 14.9 Å². The number of hydrogen-bond acceptors (Lipinski definition) is 6. The standard InChI is InChI=1S/C19H24ClN5O3/c1-13(2)22-8-10-23(11-9-22)19-18(25(27)28)21-14(3)24(19)12-17(26)15-4-6-16(20)7-5-15/h4-7,13H,8-12H2,1-3H3. The lowest BCUT2D eigenvalue weighted by molar-refractivity contribution is -0.388. The van der Waals surface area contributed by atoms with Crippen LogP contribution in [0.3, 0.4) is 0 Å². The fraction of sp³-hybridized carbons (Fsp3) is 0.474. The number of aryl methyl sites for hydroxylation is 1. The van der Waals surface area contributed by atoms with Crippen LogP contribution in [0, 0.1) is 17.0 Å². The van der Waals surface area contributed by atoms with Gasteiger partial charge in [-0.25, -0.2) is 0 Å². The summed E-state index contributed by atoms with van der Waals surface area (Å²) in [4.78, 5) is 32.3. The fourth-order valence-corrected chi connectivity index (χ4v) is 3.61. The van der Waals surface area contributed by atoms with E-state index < -0.39 is 4.92 Å². The minimum absolute atomic E-state index is 0.00592. The molecule has 1 saturated heterocycles. The zero-order chi connectivity index (χ0) is 20.4. The molecule has 1 aliphatic rings. The van der Waals surface area contributed by atoms with Crippen molar-refractivity contribution in [2.75, 3.05) is 31.1 Å². The Morgan fingerprint density at radius 3 is 2.36 bits per heavy atom. The number of ketones is 1. The molecule has 0 saturated carbocycles. The molecule has 2 heterocycles. The third kappa shape index (κ3) is 4.18. The first-order valence-corrected chi connectivity index (χ1v) is 9.65. The fourth-order valence-electron chi connectivity index (χ4n) is 3.48. The summed E-state index contributed by atoms with van der Waals surface area (Å²) in [7, 11) is 0. The van der Waals surface area contributed by atoms with Crippen molar-refractivity contribution in [3.05, 3.63) is 50.8 Å². The summed E-state index contributed by atoms with van der Waals surface area (Å²) in [6, 6.07) is 7.06. The highest BCUT2D eigenvalue weighted by Gasteiger charge is 2.32. The molecule has 1 aliphatic heterocycles. The van der Waals surface area contributed by atoms with E-state index in [-0.39, 0.29) is 18.1 Å². The molecule has 3 rings (SSSR count). The molecule has 0 atom stereocenters. The third-order valence-electron chi connectivity index (χ3n) is 5.10. The van der Waals surface area contributed by atoms with Crippen molar-refractivity contribution in [2.24, 2.45) is 0 Å². The van der Waals surface area contributed by atoms with Gasteiger partial charge in [0.2, 0.25) is 11.6 Å². The molecule has 0 N–H and O–H groups in total. The van der Waals surface area contributed by atoms with Crippen molar-refractivity contribution < 1.29 is 9.72 Å². The number of Topliss-reactive ketones (excluding diaryl/α,β-unsaturated/α-hetero) is 1. The summed E-state index contributed by atoms with van der Waals surface area (Å²) in [6.45, 7) is 8.88. The summed E-state index contributed by atoms with van der Waals surface area (Å²) in [5.74, 6) is 0.525. The van der Waals surface area contributed by atoms with Gasteiger partial charge in [0.1, 0.15) is 0 Å². The van der Waals surface area contributed by atoms with Gasteiger partial charge in [0.05, 0.1) is 6.54 Å². The van der Waals surface area contributed by atoms with Crippen LogP contribution in [0.15, 0.2) is 24.3 Å². The van der Waals surface area contributed by atoms with Gasteiger partial charge in [0, 0.05) is 49.7 Å². The summed E-state index contributed by atoms with van der Waals surface area (Å²) in [6.07, 6.45) is 0. The number of nitro groups is 1. The first-order valence-electron chi connectivity index (χ1n) is 9.27. The minimum atomic E-state index is -0.472. The first kappa shape index (κ1) is 20.3. The summed E-state index contributed by atoms with van der Waals surface area (Å²) in [5.41, 5.74) is 0.510. The smallest absolute Gasteiger partial charge is 0.358 e. The average molecular weight is 406 g/mol. The Labute approximate surface area is 168 Å². The predicted molar refractivity (Wildman–Crippen MR) is 108 cm³/mol. The van der Waals surface area contributed by atoms with Crippen LogP contribution >= 0.6 is 11.6 Å². The van der Waals surface area contributed by atoms with E-state index >= 15 is 0 Å². The van der Waals surface area contributed by atoms with Crippen molar-refractivity contribution in [3.63, 3.8) is 0 Å².